The highest BCUT2D eigenvalue weighted by molar-refractivity contribution is 9.10. The van der Waals surface area contributed by atoms with Gasteiger partial charge in [-0.05, 0) is 48.4 Å². The number of benzene rings is 2. The second-order valence-electron chi connectivity index (χ2n) is 6.61. The molecule has 0 bridgehead atoms. The molecule has 1 aliphatic rings. The molecule has 0 unspecified atom stereocenters. The van der Waals surface area contributed by atoms with Gasteiger partial charge >= 0.3 is 0 Å². The minimum Gasteiger partial charge on any atom is -0.507 e. The van der Waals surface area contributed by atoms with Crippen LogP contribution in [-0.2, 0) is 0 Å². The van der Waals surface area contributed by atoms with E-state index in [2.05, 4.69) is 28.2 Å². The highest BCUT2D eigenvalue weighted by atomic mass is 79.9. The van der Waals surface area contributed by atoms with Gasteiger partial charge in [-0.1, -0.05) is 41.4 Å². The number of unbranched alkanes of at least 4 members (excludes halogenated alkanes) is 1. The van der Waals surface area contributed by atoms with Crippen LogP contribution in [0.4, 0.5) is 5.82 Å². The van der Waals surface area contributed by atoms with Gasteiger partial charge in [0.25, 0.3) is 0 Å². The lowest BCUT2D eigenvalue weighted by atomic mass is 10.0. The molecule has 1 aliphatic heterocycles. The number of hydrogen-bond acceptors (Lipinski definition) is 5. The Morgan fingerprint density at radius 2 is 2.00 bits per heavy atom. The molecule has 4 rings (SSSR count). The average Bonchev–Trinajstić information content (AvgIpc) is 3.19. The normalized spacial score (nSPS) is 12.2. The van der Waals surface area contributed by atoms with Crippen LogP contribution in [0, 0.1) is 0 Å². The van der Waals surface area contributed by atoms with Gasteiger partial charge in [0, 0.05) is 22.1 Å². The number of phenols is 1. The van der Waals surface area contributed by atoms with Gasteiger partial charge in [0.2, 0.25) is 6.79 Å². The summed E-state index contributed by atoms with van der Waals surface area (Å²) in [6, 6.07) is 15.1. The van der Waals surface area contributed by atoms with Crippen LogP contribution in [0.25, 0.3) is 22.4 Å². The van der Waals surface area contributed by atoms with Crippen LogP contribution < -0.4 is 14.8 Å². The van der Waals surface area contributed by atoms with Gasteiger partial charge in [-0.3, -0.25) is 0 Å². The third-order valence-electron chi connectivity index (χ3n) is 4.60. The van der Waals surface area contributed by atoms with Crippen molar-refractivity contribution in [1.29, 1.82) is 0 Å². The summed E-state index contributed by atoms with van der Waals surface area (Å²) in [6.45, 7) is 3.21. The standard InChI is InChI=1S/C22H21BrN2O3/c1-2-3-9-24-21-11-14(16-5-4-6-20-22(16)28-13-27-20)10-18(25-21)17-12-15(23)7-8-19(17)26/h4-8,10-12,26H,2-3,9,13H2,1H3,(H,24,25). The van der Waals surface area contributed by atoms with Gasteiger partial charge in [0.1, 0.15) is 11.6 Å². The van der Waals surface area contributed by atoms with E-state index in [1.165, 1.54) is 0 Å². The molecule has 0 saturated heterocycles. The maximum atomic E-state index is 10.4. The lowest BCUT2D eigenvalue weighted by molar-refractivity contribution is 0.174. The topological polar surface area (TPSA) is 63.6 Å². The summed E-state index contributed by atoms with van der Waals surface area (Å²) >= 11 is 3.48. The number of nitrogens with zero attached hydrogens (tertiary/aromatic N) is 1. The van der Waals surface area contributed by atoms with Crippen molar-refractivity contribution < 1.29 is 14.6 Å². The first-order chi connectivity index (χ1) is 13.7. The van der Waals surface area contributed by atoms with Gasteiger partial charge in [-0.25, -0.2) is 4.98 Å². The summed E-state index contributed by atoms with van der Waals surface area (Å²) in [5.41, 5.74) is 3.24. The van der Waals surface area contributed by atoms with Crippen molar-refractivity contribution in [1.82, 2.24) is 4.98 Å². The van der Waals surface area contributed by atoms with E-state index >= 15 is 0 Å². The Kier molecular flexibility index (Phi) is 5.39. The van der Waals surface area contributed by atoms with Crippen LogP contribution in [0.15, 0.2) is 53.0 Å². The molecule has 0 radical (unpaired) electrons. The van der Waals surface area contributed by atoms with Gasteiger partial charge in [0.15, 0.2) is 11.5 Å². The predicted molar refractivity (Wildman–Crippen MR) is 114 cm³/mol. The van der Waals surface area contributed by atoms with Crippen molar-refractivity contribution >= 4 is 21.7 Å². The molecule has 1 aromatic heterocycles. The second-order valence-corrected chi connectivity index (χ2v) is 7.52. The zero-order chi connectivity index (χ0) is 19.5. The van der Waals surface area contributed by atoms with Crippen LogP contribution in [0.3, 0.4) is 0 Å². The van der Waals surface area contributed by atoms with Crippen LogP contribution in [0.1, 0.15) is 19.8 Å². The smallest absolute Gasteiger partial charge is 0.231 e. The number of aromatic nitrogens is 1. The molecule has 144 valence electrons. The van der Waals surface area contributed by atoms with Gasteiger partial charge in [-0.15, -0.1) is 0 Å². The number of halogens is 1. The van der Waals surface area contributed by atoms with Crippen molar-refractivity contribution in [2.24, 2.45) is 0 Å². The summed E-state index contributed by atoms with van der Waals surface area (Å²) in [4.78, 5) is 4.73. The van der Waals surface area contributed by atoms with E-state index in [-0.39, 0.29) is 12.5 Å². The molecular weight excluding hydrogens is 420 g/mol. The largest absolute Gasteiger partial charge is 0.507 e. The van der Waals surface area contributed by atoms with E-state index in [4.69, 9.17) is 14.5 Å². The Morgan fingerprint density at radius 3 is 2.86 bits per heavy atom. The second kappa shape index (κ2) is 8.10. The Balaban J connectivity index is 1.83. The van der Waals surface area contributed by atoms with Crippen molar-refractivity contribution in [3.63, 3.8) is 0 Å². The van der Waals surface area contributed by atoms with Crippen molar-refractivity contribution in [2.45, 2.75) is 19.8 Å². The summed E-state index contributed by atoms with van der Waals surface area (Å²) in [7, 11) is 0. The lowest BCUT2D eigenvalue weighted by Gasteiger charge is -2.13. The molecule has 0 spiro atoms. The Bertz CT molecular complexity index is 1010. The molecule has 0 saturated carbocycles. The number of ether oxygens (including phenoxy) is 2. The molecule has 2 aromatic carbocycles. The van der Waals surface area contributed by atoms with Crippen LogP contribution >= 0.6 is 15.9 Å². The number of nitrogens with one attached hydrogen (secondary N) is 1. The fourth-order valence-corrected chi connectivity index (χ4v) is 3.54. The minimum atomic E-state index is 0.185. The molecule has 28 heavy (non-hydrogen) atoms. The van der Waals surface area contributed by atoms with Gasteiger partial charge < -0.3 is 19.9 Å². The van der Waals surface area contributed by atoms with E-state index < -0.39 is 0 Å². The monoisotopic (exact) mass is 440 g/mol. The summed E-state index contributed by atoms with van der Waals surface area (Å²) in [5, 5.41) is 13.8. The summed E-state index contributed by atoms with van der Waals surface area (Å²) < 4.78 is 12.1. The number of fused-ring (bicyclic) bond motifs is 1. The number of aromatic hydroxyl groups is 1. The Labute approximate surface area is 172 Å². The molecule has 5 nitrogen and oxygen atoms in total. The highest BCUT2D eigenvalue weighted by Crippen LogP contribution is 2.43. The molecule has 0 amide bonds. The van der Waals surface area contributed by atoms with Crippen LogP contribution in [0.5, 0.6) is 17.2 Å². The van der Waals surface area contributed by atoms with E-state index in [0.717, 1.165) is 52.3 Å². The quantitative estimate of drug-likeness (QED) is 0.472. The van der Waals surface area contributed by atoms with E-state index in [0.29, 0.717) is 11.3 Å². The number of para-hydroxylation sites is 1. The molecular formula is C22H21BrN2O3. The molecule has 0 aliphatic carbocycles. The zero-order valence-electron chi connectivity index (χ0n) is 15.5. The van der Waals surface area contributed by atoms with Crippen molar-refractivity contribution in [3.05, 3.63) is 53.0 Å². The highest BCUT2D eigenvalue weighted by Gasteiger charge is 2.20. The summed E-state index contributed by atoms with van der Waals surface area (Å²) in [5.74, 6) is 2.42. The lowest BCUT2D eigenvalue weighted by Crippen LogP contribution is -2.04. The molecule has 0 atom stereocenters. The maximum absolute atomic E-state index is 10.4. The third kappa shape index (κ3) is 3.78. The molecule has 0 fully saturated rings. The number of hydrogen-bond donors (Lipinski definition) is 2. The van der Waals surface area contributed by atoms with E-state index in [9.17, 15) is 5.11 Å². The Morgan fingerprint density at radius 1 is 1.11 bits per heavy atom. The first-order valence-corrected chi connectivity index (χ1v) is 10.1. The fraction of sp³-hybridized carbons (Fsp3) is 0.227. The predicted octanol–water partition coefficient (Wildman–Crippen LogP) is 5.82. The third-order valence-corrected chi connectivity index (χ3v) is 5.10. The first-order valence-electron chi connectivity index (χ1n) is 9.29. The number of phenolic OH excluding ortho intramolecular Hbond substituents is 1. The van der Waals surface area contributed by atoms with E-state index in [1.807, 2.05) is 36.4 Å². The SMILES string of the molecule is CCCCNc1cc(-c2cccc3c2OCO3)cc(-c2cc(Br)ccc2O)n1. The molecule has 6 heteroatoms. The van der Waals surface area contributed by atoms with Gasteiger partial charge in [0.05, 0.1) is 5.69 Å². The molecule has 2 heterocycles. The van der Waals surface area contributed by atoms with Crippen molar-refractivity contribution in [2.75, 3.05) is 18.7 Å². The molecule has 2 N–H and O–H groups in total. The van der Waals surface area contributed by atoms with E-state index in [1.54, 1.807) is 12.1 Å². The van der Waals surface area contributed by atoms with Crippen LogP contribution in [0.2, 0.25) is 0 Å². The molecule has 3 aromatic rings. The summed E-state index contributed by atoms with van der Waals surface area (Å²) in [6.07, 6.45) is 2.16. The van der Waals surface area contributed by atoms with Crippen LogP contribution in [-0.4, -0.2) is 23.4 Å². The number of pyridine rings is 1. The maximum Gasteiger partial charge on any atom is 0.231 e. The van der Waals surface area contributed by atoms with Crippen molar-refractivity contribution in [3.8, 4) is 39.6 Å². The minimum absolute atomic E-state index is 0.185. The number of anilines is 1. The Hall–Kier alpha value is -2.73. The first kappa shape index (κ1) is 18.6. The average molecular weight is 441 g/mol. The fourth-order valence-electron chi connectivity index (χ4n) is 3.18. The number of rotatable bonds is 6. The zero-order valence-corrected chi connectivity index (χ0v) is 17.1. The van der Waals surface area contributed by atoms with Gasteiger partial charge in [-0.2, -0.15) is 0 Å².